The van der Waals surface area contributed by atoms with Crippen LogP contribution in [-0.2, 0) is 25.5 Å². The highest BCUT2D eigenvalue weighted by atomic mass is 32.1. The zero-order valence-electron chi connectivity index (χ0n) is 17.9. The first-order valence-corrected chi connectivity index (χ1v) is 11.6. The first-order chi connectivity index (χ1) is 15.0. The quantitative estimate of drug-likeness (QED) is 0.597. The van der Waals surface area contributed by atoms with Crippen LogP contribution in [0, 0.1) is 5.92 Å². The van der Waals surface area contributed by atoms with Crippen LogP contribution in [0.5, 0.6) is 0 Å². The van der Waals surface area contributed by atoms with Gasteiger partial charge in [0.15, 0.2) is 5.11 Å². The normalized spacial score (nSPS) is 28.5. The minimum Gasteiger partial charge on any atom is -0.359 e. The fraction of sp³-hybridized carbons (Fsp3) is 0.609. The summed E-state index contributed by atoms with van der Waals surface area (Å²) in [5, 5.41) is 6.83. The number of nitrogens with zero attached hydrogens (tertiary/aromatic N) is 1. The molecule has 2 aliphatic heterocycles. The fourth-order valence-corrected chi connectivity index (χ4v) is 5.06. The first kappa shape index (κ1) is 22.2. The van der Waals surface area contributed by atoms with E-state index in [1.54, 1.807) is 4.90 Å². The van der Waals surface area contributed by atoms with Crippen LogP contribution in [0.1, 0.15) is 44.6 Å². The van der Waals surface area contributed by atoms with Crippen molar-refractivity contribution in [3.05, 3.63) is 35.9 Å². The Kier molecular flexibility index (Phi) is 7.20. The molecule has 0 radical (unpaired) electrons. The second kappa shape index (κ2) is 10.1. The van der Waals surface area contributed by atoms with Gasteiger partial charge < -0.3 is 20.1 Å². The predicted molar refractivity (Wildman–Crippen MR) is 120 cm³/mol. The molecule has 1 aliphatic carbocycles. The molecule has 2 saturated heterocycles. The molecular weight excluding hydrogens is 414 g/mol. The Hall–Kier alpha value is -2.03. The molecule has 8 heteroatoms. The van der Waals surface area contributed by atoms with Gasteiger partial charge in [0, 0.05) is 25.0 Å². The number of nitrogens with one attached hydrogen (secondary N) is 2. The average molecular weight is 446 g/mol. The van der Waals surface area contributed by atoms with E-state index in [0.717, 1.165) is 19.3 Å². The molecule has 4 rings (SSSR count). The topological polar surface area (TPSA) is 79.9 Å². The Morgan fingerprint density at radius 3 is 2.77 bits per heavy atom. The van der Waals surface area contributed by atoms with Gasteiger partial charge in [-0.25, -0.2) is 0 Å². The third-order valence-corrected chi connectivity index (χ3v) is 6.81. The van der Waals surface area contributed by atoms with Gasteiger partial charge in [-0.15, -0.1) is 0 Å². The number of aryl methyl sites for hydroxylation is 1. The van der Waals surface area contributed by atoms with Crippen LogP contribution in [0.3, 0.4) is 0 Å². The van der Waals surface area contributed by atoms with Crippen LogP contribution in [0.15, 0.2) is 30.3 Å². The Morgan fingerprint density at radius 1 is 1.26 bits per heavy atom. The van der Waals surface area contributed by atoms with Crippen molar-refractivity contribution in [2.24, 2.45) is 5.92 Å². The lowest BCUT2D eigenvalue weighted by Gasteiger charge is -2.44. The van der Waals surface area contributed by atoms with E-state index >= 15 is 0 Å². The molecule has 1 aromatic rings. The lowest BCUT2D eigenvalue weighted by atomic mass is 9.79. The van der Waals surface area contributed by atoms with Crippen LogP contribution < -0.4 is 10.6 Å². The van der Waals surface area contributed by atoms with Crippen molar-refractivity contribution in [1.82, 2.24) is 15.5 Å². The second-order valence-electron chi connectivity index (χ2n) is 8.75. The van der Waals surface area contributed by atoms with Gasteiger partial charge in [0.05, 0.1) is 18.1 Å². The molecule has 0 spiro atoms. The Labute approximate surface area is 188 Å². The summed E-state index contributed by atoms with van der Waals surface area (Å²) in [4.78, 5) is 27.0. The number of amides is 2. The van der Waals surface area contributed by atoms with Crippen LogP contribution in [0.4, 0.5) is 0 Å². The molecule has 3 fully saturated rings. The number of benzene rings is 1. The molecule has 2 heterocycles. The number of carbonyl (C=O) groups is 2. The smallest absolute Gasteiger partial charge is 0.234 e. The van der Waals surface area contributed by atoms with Crippen molar-refractivity contribution in [2.45, 2.75) is 69.7 Å². The molecule has 2 amide bonds. The summed E-state index contributed by atoms with van der Waals surface area (Å²) in [5.74, 6) is -0.0976. The van der Waals surface area contributed by atoms with Crippen molar-refractivity contribution >= 4 is 29.1 Å². The summed E-state index contributed by atoms with van der Waals surface area (Å²) >= 11 is 5.44. The zero-order valence-corrected chi connectivity index (χ0v) is 18.7. The highest BCUT2D eigenvalue weighted by Crippen LogP contribution is 2.35. The Bertz CT molecular complexity index is 805. The maximum absolute atomic E-state index is 13.0. The largest absolute Gasteiger partial charge is 0.359 e. The van der Waals surface area contributed by atoms with E-state index in [2.05, 4.69) is 22.8 Å². The molecule has 31 heavy (non-hydrogen) atoms. The van der Waals surface area contributed by atoms with Crippen molar-refractivity contribution in [3.8, 4) is 0 Å². The van der Waals surface area contributed by atoms with E-state index in [1.807, 2.05) is 25.1 Å². The van der Waals surface area contributed by atoms with Crippen LogP contribution in [0.2, 0.25) is 0 Å². The molecule has 0 bridgehead atoms. The maximum Gasteiger partial charge on any atom is 0.234 e. The molecule has 5 atom stereocenters. The fourth-order valence-electron chi connectivity index (χ4n) is 4.72. The number of rotatable bonds is 8. The Morgan fingerprint density at radius 2 is 2.00 bits per heavy atom. The van der Waals surface area contributed by atoms with Gasteiger partial charge in [-0.1, -0.05) is 30.3 Å². The zero-order chi connectivity index (χ0) is 21.8. The standard InChI is InChI=1S/C23H31N3O4S/c1-15(9-10-16-6-3-2-4-7-16)24-21(27)8-5-11-26-22(28)17-12-19-20(30-14-29-19)13-18(17)25-23(26)31/h2-4,6-7,15,17-20H,5,8-14H2,1H3,(H,24,27)(H,25,31). The molecule has 168 valence electrons. The van der Waals surface area contributed by atoms with Gasteiger partial charge in [-0.2, -0.15) is 0 Å². The van der Waals surface area contributed by atoms with Crippen LogP contribution in [0.25, 0.3) is 0 Å². The molecular formula is C23H31N3O4S. The van der Waals surface area contributed by atoms with Gasteiger partial charge in [-0.3, -0.25) is 14.5 Å². The summed E-state index contributed by atoms with van der Waals surface area (Å²) in [7, 11) is 0. The van der Waals surface area contributed by atoms with Crippen LogP contribution >= 0.6 is 12.2 Å². The molecule has 1 aromatic carbocycles. The van der Waals surface area contributed by atoms with E-state index in [4.69, 9.17) is 21.7 Å². The van der Waals surface area contributed by atoms with E-state index in [0.29, 0.717) is 37.7 Å². The molecule has 5 unspecified atom stereocenters. The van der Waals surface area contributed by atoms with Crippen molar-refractivity contribution < 1.29 is 19.1 Å². The maximum atomic E-state index is 13.0. The third-order valence-electron chi connectivity index (χ3n) is 6.48. The van der Waals surface area contributed by atoms with E-state index < -0.39 is 0 Å². The molecule has 0 aromatic heterocycles. The van der Waals surface area contributed by atoms with Gasteiger partial charge in [0.1, 0.15) is 6.79 Å². The predicted octanol–water partition coefficient (Wildman–Crippen LogP) is 2.14. The minimum absolute atomic E-state index is 0.00737. The summed E-state index contributed by atoms with van der Waals surface area (Å²) in [6.07, 6.45) is 4.20. The van der Waals surface area contributed by atoms with Gasteiger partial charge >= 0.3 is 0 Å². The highest BCUT2D eigenvalue weighted by Gasteiger charge is 2.48. The lowest BCUT2D eigenvalue weighted by Crippen LogP contribution is -2.63. The first-order valence-electron chi connectivity index (χ1n) is 11.2. The third kappa shape index (κ3) is 5.42. The highest BCUT2D eigenvalue weighted by molar-refractivity contribution is 7.80. The molecule has 3 aliphatic rings. The number of ether oxygens (including phenoxy) is 2. The lowest BCUT2D eigenvalue weighted by molar-refractivity contribution is -0.137. The van der Waals surface area contributed by atoms with Crippen LogP contribution in [-0.4, -0.2) is 59.5 Å². The Balaban J connectivity index is 1.19. The molecule has 2 N–H and O–H groups in total. The molecule has 1 saturated carbocycles. The molecule has 7 nitrogen and oxygen atoms in total. The van der Waals surface area contributed by atoms with Crippen molar-refractivity contribution in [3.63, 3.8) is 0 Å². The van der Waals surface area contributed by atoms with E-state index in [1.165, 1.54) is 5.56 Å². The second-order valence-corrected chi connectivity index (χ2v) is 9.13. The number of carbonyl (C=O) groups excluding carboxylic acids is 2. The summed E-state index contributed by atoms with van der Waals surface area (Å²) in [6, 6.07) is 10.4. The van der Waals surface area contributed by atoms with Gasteiger partial charge in [0.2, 0.25) is 11.8 Å². The monoisotopic (exact) mass is 445 g/mol. The van der Waals surface area contributed by atoms with Crippen molar-refractivity contribution in [2.75, 3.05) is 13.3 Å². The SMILES string of the molecule is CC(CCc1ccccc1)NC(=O)CCCN1C(=O)C2CC3OCOC3CC2NC1=S. The minimum atomic E-state index is -0.151. The van der Waals surface area contributed by atoms with Gasteiger partial charge in [0.25, 0.3) is 0 Å². The average Bonchev–Trinajstić information content (AvgIpc) is 3.21. The number of hydrogen-bond donors (Lipinski definition) is 2. The summed E-state index contributed by atoms with van der Waals surface area (Å²) < 4.78 is 11.2. The van der Waals surface area contributed by atoms with Gasteiger partial charge in [-0.05, 0) is 56.8 Å². The number of fused-ring (bicyclic) bond motifs is 2. The summed E-state index contributed by atoms with van der Waals surface area (Å²) in [5.41, 5.74) is 1.27. The number of hydrogen-bond acceptors (Lipinski definition) is 5. The van der Waals surface area contributed by atoms with E-state index in [9.17, 15) is 9.59 Å². The number of thiocarbonyl (C=S) groups is 1. The summed E-state index contributed by atoms with van der Waals surface area (Å²) in [6.45, 7) is 2.78. The van der Waals surface area contributed by atoms with Crippen molar-refractivity contribution in [1.29, 1.82) is 0 Å². The van der Waals surface area contributed by atoms with E-state index in [-0.39, 0.29) is 42.0 Å².